The highest BCUT2D eigenvalue weighted by Gasteiger charge is 2.31. The molecule has 0 bridgehead atoms. The van der Waals surface area contributed by atoms with E-state index in [1.807, 2.05) is 11.3 Å². The molecule has 0 amide bonds. The molecule has 1 aromatic rings. The van der Waals surface area contributed by atoms with Crippen LogP contribution in [0.2, 0.25) is 0 Å². The summed E-state index contributed by atoms with van der Waals surface area (Å²) in [5.74, 6) is 1.01. The van der Waals surface area contributed by atoms with Gasteiger partial charge < -0.3 is 5.32 Å². The molecule has 1 atom stereocenters. The summed E-state index contributed by atoms with van der Waals surface area (Å²) in [6.07, 6.45) is 4.32. The number of nitrogens with zero attached hydrogens (tertiary/aromatic N) is 1. The van der Waals surface area contributed by atoms with E-state index in [0.29, 0.717) is 6.04 Å². The molecule has 1 aliphatic heterocycles. The number of aryl methyl sites for hydroxylation is 1. The van der Waals surface area contributed by atoms with Gasteiger partial charge in [-0.3, -0.25) is 4.90 Å². The molecule has 0 aromatic carbocycles. The molecule has 0 radical (unpaired) electrons. The second-order valence-corrected chi connectivity index (χ2v) is 6.40. The molecule has 0 unspecified atom stereocenters. The van der Waals surface area contributed by atoms with Crippen molar-refractivity contribution in [1.29, 1.82) is 0 Å². The van der Waals surface area contributed by atoms with Gasteiger partial charge in [-0.05, 0) is 36.3 Å². The number of nitrogens with one attached hydrogen (secondary N) is 1. The highest BCUT2D eigenvalue weighted by Crippen LogP contribution is 2.42. The fraction of sp³-hybridized carbons (Fsp3) is 0.714. The number of rotatable bonds is 4. The maximum Gasteiger partial charge on any atom is 0.0447 e. The average Bonchev–Trinajstić information content (AvgIpc) is 3.09. The number of halogens is 2. The lowest BCUT2D eigenvalue weighted by Crippen LogP contribution is -2.45. The quantitative estimate of drug-likeness (QED) is 0.910. The van der Waals surface area contributed by atoms with Gasteiger partial charge in [-0.2, -0.15) is 0 Å². The lowest BCUT2D eigenvalue weighted by molar-refractivity contribution is 0.162. The Bertz CT molecular complexity index is 373. The Balaban J connectivity index is 0.000000902. The Labute approximate surface area is 132 Å². The monoisotopic (exact) mass is 322 g/mol. The van der Waals surface area contributed by atoms with Crippen LogP contribution in [0.25, 0.3) is 0 Å². The standard InChI is InChI=1S/C14H22N2S.2ClH/c1-11-4-9-17-14(11)13(10-12-2-3-12)16-7-5-15-6-8-16;;/h4,9,12-13,15H,2-3,5-8,10H2,1H3;2*1H/t13-;;/m0../s1. The molecule has 19 heavy (non-hydrogen) atoms. The van der Waals surface area contributed by atoms with Crippen LogP contribution in [0, 0.1) is 12.8 Å². The van der Waals surface area contributed by atoms with E-state index in [4.69, 9.17) is 0 Å². The van der Waals surface area contributed by atoms with Gasteiger partial charge in [-0.25, -0.2) is 0 Å². The molecule has 1 aliphatic carbocycles. The number of hydrogen-bond acceptors (Lipinski definition) is 3. The Kier molecular flexibility index (Phi) is 7.12. The van der Waals surface area contributed by atoms with Crippen molar-refractivity contribution in [3.05, 3.63) is 21.9 Å². The normalized spacial score (nSPS) is 21.3. The third kappa shape index (κ3) is 4.33. The molecule has 3 rings (SSSR count). The summed E-state index contributed by atoms with van der Waals surface area (Å²) in [5, 5.41) is 5.72. The zero-order valence-electron chi connectivity index (χ0n) is 11.4. The molecule has 1 saturated carbocycles. The average molecular weight is 323 g/mol. The van der Waals surface area contributed by atoms with Crippen molar-refractivity contribution in [3.8, 4) is 0 Å². The summed E-state index contributed by atoms with van der Waals surface area (Å²) in [4.78, 5) is 4.33. The minimum Gasteiger partial charge on any atom is -0.314 e. The molecule has 2 fully saturated rings. The van der Waals surface area contributed by atoms with Gasteiger partial charge in [0.2, 0.25) is 0 Å². The van der Waals surface area contributed by atoms with E-state index in [1.54, 1.807) is 4.88 Å². The number of thiophene rings is 1. The number of piperazine rings is 1. The van der Waals surface area contributed by atoms with Crippen molar-refractivity contribution in [2.24, 2.45) is 5.92 Å². The SMILES string of the molecule is Cc1ccsc1[C@H](CC1CC1)N1CCNCC1.Cl.Cl. The zero-order chi connectivity index (χ0) is 11.7. The summed E-state index contributed by atoms with van der Waals surface area (Å²) in [7, 11) is 0. The highest BCUT2D eigenvalue weighted by atomic mass is 35.5. The van der Waals surface area contributed by atoms with Gasteiger partial charge in [0.05, 0.1) is 0 Å². The second-order valence-electron chi connectivity index (χ2n) is 5.45. The van der Waals surface area contributed by atoms with Gasteiger partial charge in [0.15, 0.2) is 0 Å². The molecule has 110 valence electrons. The van der Waals surface area contributed by atoms with Crippen LogP contribution in [0.5, 0.6) is 0 Å². The first-order chi connectivity index (χ1) is 8.34. The van der Waals surface area contributed by atoms with Crippen molar-refractivity contribution in [2.75, 3.05) is 26.2 Å². The van der Waals surface area contributed by atoms with Crippen LogP contribution in [-0.4, -0.2) is 31.1 Å². The van der Waals surface area contributed by atoms with Crippen molar-refractivity contribution >= 4 is 36.2 Å². The van der Waals surface area contributed by atoms with Crippen LogP contribution in [0.4, 0.5) is 0 Å². The lowest BCUT2D eigenvalue weighted by Gasteiger charge is -2.35. The highest BCUT2D eigenvalue weighted by molar-refractivity contribution is 7.10. The fourth-order valence-electron chi connectivity index (χ4n) is 2.81. The Morgan fingerprint density at radius 2 is 2.00 bits per heavy atom. The number of hydrogen-bond donors (Lipinski definition) is 1. The van der Waals surface area contributed by atoms with Crippen LogP contribution in [0.15, 0.2) is 11.4 Å². The van der Waals surface area contributed by atoms with Gasteiger partial charge in [0, 0.05) is 37.1 Å². The minimum absolute atomic E-state index is 0. The first kappa shape index (κ1) is 17.3. The van der Waals surface area contributed by atoms with Gasteiger partial charge in [-0.15, -0.1) is 36.2 Å². The van der Waals surface area contributed by atoms with Crippen LogP contribution in [0.3, 0.4) is 0 Å². The van der Waals surface area contributed by atoms with Gasteiger partial charge in [0.1, 0.15) is 0 Å². The molecule has 0 spiro atoms. The summed E-state index contributed by atoms with van der Waals surface area (Å²) in [5.41, 5.74) is 1.50. The van der Waals surface area contributed by atoms with Gasteiger partial charge in [-0.1, -0.05) is 12.8 Å². The van der Waals surface area contributed by atoms with E-state index in [2.05, 4.69) is 28.6 Å². The van der Waals surface area contributed by atoms with Crippen LogP contribution in [0.1, 0.15) is 35.7 Å². The first-order valence-corrected chi connectivity index (χ1v) is 7.71. The van der Waals surface area contributed by atoms with Crippen molar-refractivity contribution in [2.45, 2.75) is 32.2 Å². The Hall–Kier alpha value is 0.200. The smallest absolute Gasteiger partial charge is 0.0447 e. The zero-order valence-corrected chi connectivity index (χ0v) is 13.9. The predicted octanol–water partition coefficient (Wildman–Crippen LogP) is 3.65. The Morgan fingerprint density at radius 1 is 1.32 bits per heavy atom. The summed E-state index contributed by atoms with van der Waals surface area (Å²) in [6.45, 7) is 7.02. The Morgan fingerprint density at radius 3 is 2.53 bits per heavy atom. The maximum absolute atomic E-state index is 3.46. The van der Waals surface area contributed by atoms with Crippen molar-refractivity contribution in [3.63, 3.8) is 0 Å². The van der Waals surface area contributed by atoms with Crippen LogP contribution >= 0.6 is 36.2 Å². The summed E-state index contributed by atoms with van der Waals surface area (Å²) < 4.78 is 0. The van der Waals surface area contributed by atoms with Gasteiger partial charge >= 0.3 is 0 Å². The first-order valence-electron chi connectivity index (χ1n) is 6.83. The molecule has 2 heterocycles. The third-order valence-corrected chi connectivity index (χ3v) is 5.17. The van der Waals surface area contributed by atoms with Gasteiger partial charge in [0.25, 0.3) is 0 Å². The van der Waals surface area contributed by atoms with E-state index < -0.39 is 0 Å². The molecule has 2 nitrogen and oxygen atoms in total. The molecule has 5 heteroatoms. The fourth-order valence-corrected chi connectivity index (χ4v) is 3.89. The molecule has 2 aliphatic rings. The minimum atomic E-state index is 0. The topological polar surface area (TPSA) is 15.3 Å². The van der Waals surface area contributed by atoms with Crippen molar-refractivity contribution in [1.82, 2.24) is 10.2 Å². The molecule has 1 saturated heterocycles. The largest absolute Gasteiger partial charge is 0.314 e. The van der Waals surface area contributed by atoms with E-state index >= 15 is 0 Å². The molecular weight excluding hydrogens is 299 g/mol. The predicted molar refractivity (Wildman–Crippen MR) is 88.1 cm³/mol. The molecular formula is C14H24Cl2N2S. The van der Waals surface area contributed by atoms with Crippen LogP contribution in [-0.2, 0) is 0 Å². The summed E-state index contributed by atoms with van der Waals surface area (Å²) >= 11 is 1.96. The second kappa shape index (κ2) is 7.84. The van der Waals surface area contributed by atoms with Crippen molar-refractivity contribution < 1.29 is 0 Å². The maximum atomic E-state index is 3.46. The molecule has 1 N–H and O–H groups in total. The lowest BCUT2D eigenvalue weighted by atomic mass is 10.0. The molecule has 1 aromatic heterocycles. The van der Waals surface area contributed by atoms with E-state index in [0.717, 1.165) is 19.0 Å². The van der Waals surface area contributed by atoms with Crippen LogP contribution < -0.4 is 5.32 Å². The van der Waals surface area contributed by atoms with E-state index in [-0.39, 0.29) is 24.8 Å². The van der Waals surface area contributed by atoms with E-state index in [9.17, 15) is 0 Å². The summed E-state index contributed by atoms with van der Waals surface area (Å²) in [6, 6.07) is 2.98. The third-order valence-electron chi connectivity index (χ3n) is 4.05. The van der Waals surface area contributed by atoms with E-state index in [1.165, 1.54) is 37.9 Å².